The zero-order valence-corrected chi connectivity index (χ0v) is 14.2. The number of hydrogen-bond donors (Lipinski definition) is 2. The Bertz CT molecular complexity index is 673. The summed E-state index contributed by atoms with van der Waals surface area (Å²) >= 11 is 0. The van der Waals surface area contributed by atoms with Crippen molar-refractivity contribution in [2.24, 2.45) is 5.41 Å². The van der Waals surface area contributed by atoms with E-state index in [4.69, 9.17) is 9.52 Å². The molecular weight excluding hydrogens is 294 g/mol. The van der Waals surface area contributed by atoms with Crippen LogP contribution in [0.15, 0.2) is 22.6 Å². The molecule has 0 saturated heterocycles. The minimum absolute atomic E-state index is 0.0139. The highest BCUT2D eigenvalue weighted by atomic mass is 16.3. The van der Waals surface area contributed by atoms with E-state index in [0.29, 0.717) is 36.7 Å². The van der Waals surface area contributed by atoms with E-state index in [1.54, 1.807) is 30.0 Å². The molecule has 1 heterocycles. The number of nitrogens with zero attached hydrogens (tertiary/aromatic N) is 2. The number of aliphatic hydroxyl groups excluding tert-OH is 1. The van der Waals surface area contributed by atoms with Crippen molar-refractivity contribution in [3.63, 3.8) is 0 Å². The van der Waals surface area contributed by atoms with E-state index in [9.17, 15) is 4.79 Å². The molecular formula is C17H25N3O3. The van der Waals surface area contributed by atoms with E-state index in [-0.39, 0.29) is 18.1 Å². The number of benzene rings is 1. The molecule has 0 radical (unpaired) electrons. The molecule has 2 N–H and O–H groups in total. The van der Waals surface area contributed by atoms with Crippen molar-refractivity contribution in [3.05, 3.63) is 24.1 Å². The van der Waals surface area contributed by atoms with Gasteiger partial charge in [0.2, 0.25) is 0 Å². The van der Waals surface area contributed by atoms with Crippen LogP contribution < -0.4 is 5.32 Å². The highest BCUT2D eigenvalue weighted by Crippen LogP contribution is 2.21. The molecule has 0 atom stereocenters. The van der Waals surface area contributed by atoms with Crippen LogP contribution in [0, 0.1) is 12.3 Å². The fourth-order valence-electron chi connectivity index (χ4n) is 2.41. The maximum absolute atomic E-state index is 12.5. The lowest BCUT2D eigenvalue weighted by atomic mass is 9.96. The minimum Gasteiger partial charge on any atom is -0.441 e. The Morgan fingerprint density at radius 1 is 1.39 bits per heavy atom. The monoisotopic (exact) mass is 319 g/mol. The van der Waals surface area contributed by atoms with Crippen LogP contribution in [-0.4, -0.2) is 40.7 Å². The lowest BCUT2D eigenvalue weighted by molar-refractivity contribution is 0.176. The molecule has 23 heavy (non-hydrogen) atoms. The molecule has 0 unspecified atom stereocenters. The summed E-state index contributed by atoms with van der Waals surface area (Å²) in [7, 11) is 0. The molecule has 0 fully saturated rings. The summed E-state index contributed by atoms with van der Waals surface area (Å²) in [5.41, 5.74) is 2.09. The van der Waals surface area contributed by atoms with Crippen LogP contribution >= 0.6 is 0 Å². The van der Waals surface area contributed by atoms with Crippen molar-refractivity contribution in [1.29, 1.82) is 0 Å². The van der Waals surface area contributed by atoms with Crippen LogP contribution in [0.25, 0.3) is 11.1 Å². The van der Waals surface area contributed by atoms with E-state index in [2.05, 4.69) is 31.1 Å². The average molecular weight is 319 g/mol. The molecule has 2 aromatic rings. The highest BCUT2D eigenvalue weighted by Gasteiger charge is 2.21. The van der Waals surface area contributed by atoms with Crippen molar-refractivity contribution in [2.45, 2.75) is 34.1 Å². The molecule has 6 heteroatoms. The first-order chi connectivity index (χ1) is 10.8. The van der Waals surface area contributed by atoms with Gasteiger partial charge in [-0.15, -0.1) is 0 Å². The lowest BCUT2D eigenvalue weighted by Crippen LogP contribution is -2.41. The molecule has 0 spiro atoms. The largest absolute Gasteiger partial charge is 0.441 e. The van der Waals surface area contributed by atoms with Gasteiger partial charge in [0.1, 0.15) is 5.52 Å². The first-order valence-corrected chi connectivity index (χ1v) is 7.82. The molecule has 1 aromatic carbocycles. The third kappa shape index (κ3) is 4.96. The molecule has 6 nitrogen and oxygen atoms in total. The number of oxazole rings is 1. The molecule has 2 rings (SSSR count). The Hall–Kier alpha value is -2.08. The van der Waals surface area contributed by atoms with Crippen LogP contribution in [0.1, 0.15) is 33.1 Å². The normalized spacial score (nSPS) is 11.7. The van der Waals surface area contributed by atoms with Crippen molar-refractivity contribution in [3.8, 4) is 0 Å². The van der Waals surface area contributed by atoms with Crippen LogP contribution in [0.3, 0.4) is 0 Å². The molecule has 0 aliphatic heterocycles. The third-order valence-electron chi connectivity index (χ3n) is 3.28. The second kappa shape index (κ2) is 7.00. The number of aromatic nitrogens is 1. The smallest absolute Gasteiger partial charge is 0.321 e. The zero-order chi connectivity index (χ0) is 17.0. The number of carbonyl (C=O) groups excluding carboxylic acids is 1. The SMILES string of the molecule is Cc1nc2cc(NC(=O)N(CCCO)CC(C)(C)C)ccc2o1. The zero-order valence-electron chi connectivity index (χ0n) is 14.2. The van der Waals surface area contributed by atoms with E-state index in [0.717, 1.165) is 5.52 Å². The van der Waals surface area contributed by atoms with Crippen LogP contribution in [0.2, 0.25) is 0 Å². The van der Waals surface area contributed by atoms with E-state index in [1.807, 2.05) is 0 Å². The number of hydrogen-bond acceptors (Lipinski definition) is 4. The van der Waals surface area contributed by atoms with E-state index in [1.165, 1.54) is 0 Å². The third-order valence-corrected chi connectivity index (χ3v) is 3.28. The standard InChI is InChI=1S/C17H25N3O3/c1-12-18-14-10-13(6-7-15(14)23-12)19-16(22)20(8-5-9-21)11-17(2,3)4/h6-7,10,21H,5,8-9,11H2,1-4H3,(H,19,22). The number of rotatable bonds is 5. The fourth-order valence-corrected chi connectivity index (χ4v) is 2.41. The van der Waals surface area contributed by atoms with Gasteiger partial charge in [0, 0.05) is 32.3 Å². The second-order valence-corrected chi connectivity index (χ2v) is 6.90. The number of carbonyl (C=O) groups is 1. The van der Waals surface area contributed by atoms with Gasteiger partial charge in [0.15, 0.2) is 11.5 Å². The summed E-state index contributed by atoms with van der Waals surface area (Å²) < 4.78 is 5.43. The average Bonchev–Trinajstić information content (AvgIpc) is 2.81. The van der Waals surface area contributed by atoms with Gasteiger partial charge in [-0.2, -0.15) is 0 Å². The molecule has 1 aromatic heterocycles. The number of aryl methyl sites for hydroxylation is 1. The first-order valence-electron chi connectivity index (χ1n) is 7.82. The Labute approximate surface area is 136 Å². The van der Waals surface area contributed by atoms with Gasteiger partial charge >= 0.3 is 6.03 Å². The molecule has 2 amide bonds. The number of urea groups is 1. The predicted octanol–water partition coefficient (Wildman–Crippen LogP) is 3.40. The Morgan fingerprint density at radius 2 is 2.13 bits per heavy atom. The van der Waals surface area contributed by atoms with E-state index < -0.39 is 0 Å². The number of amides is 2. The summed E-state index contributed by atoms with van der Waals surface area (Å²) in [5, 5.41) is 11.9. The maximum Gasteiger partial charge on any atom is 0.321 e. The minimum atomic E-state index is -0.173. The van der Waals surface area contributed by atoms with E-state index >= 15 is 0 Å². The Morgan fingerprint density at radius 3 is 2.78 bits per heavy atom. The van der Waals surface area contributed by atoms with Gasteiger partial charge in [0.25, 0.3) is 0 Å². The van der Waals surface area contributed by atoms with Gasteiger partial charge in [-0.05, 0) is 30.0 Å². The van der Waals surface area contributed by atoms with Crippen molar-refractivity contribution >= 4 is 22.8 Å². The Kier molecular flexibility index (Phi) is 5.26. The second-order valence-electron chi connectivity index (χ2n) is 6.90. The fraction of sp³-hybridized carbons (Fsp3) is 0.529. The first kappa shape index (κ1) is 17.3. The summed E-state index contributed by atoms with van der Waals surface area (Å²) in [6.07, 6.45) is 0.561. The Balaban J connectivity index is 2.11. The van der Waals surface area contributed by atoms with Crippen LogP contribution in [-0.2, 0) is 0 Å². The molecule has 0 saturated carbocycles. The predicted molar refractivity (Wildman–Crippen MR) is 90.5 cm³/mol. The number of anilines is 1. The van der Waals surface area contributed by atoms with Gasteiger partial charge in [-0.1, -0.05) is 20.8 Å². The topological polar surface area (TPSA) is 78.6 Å². The molecule has 0 aliphatic carbocycles. The summed E-state index contributed by atoms with van der Waals surface area (Å²) in [6.45, 7) is 9.23. The summed E-state index contributed by atoms with van der Waals surface area (Å²) in [4.78, 5) is 18.5. The van der Waals surface area contributed by atoms with Gasteiger partial charge in [-0.3, -0.25) is 0 Å². The number of aliphatic hydroxyl groups is 1. The number of nitrogens with one attached hydrogen (secondary N) is 1. The van der Waals surface area contributed by atoms with Crippen LogP contribution in [0.4, 0.5) is 10.5 Å². The lowest BCUT2D eigenvalue weighted by Gasteiger charge is -2.30. The molecule has 0 bridgehead atoms. The number of fused-ring (bicyclic) bond motifs is 1. The van der Waals surface area contributed by atoms with Gasteiger partial charge < -0.3 is 19.7 Å². The van der Waals surface area contributed by atoms with Gasteiger partial charge in [-0.25, -0.2) is 9.78 Å². The van der Waals surface area contributed by atoms with Gasteiger partial charge in [0.05, 0.1) is 0 Å². The van der Waals surface area contributed by atoms with Crippen molar-refractivity contribution in [2.75, 3.05) is 25.0 Å². The van der Waals surface area contributed by atoms with Crippen molar-refractivity contribution < 1.29 is 14.3 Å². The maximum atomic E-state index is 12.5. The molecule has 0 aliphatic rings. The van der Waals surface area contributed by atoms with Crippen LogP contribution in [0.5, 0.6) is 0 Å². The molecule has 126 valence electrons. The quantitative estimate of drug-likeness (QED) is 0.885. The summed E-state index contributed by atoms with van der Waals surface area (Å²) in [5.74, 6) is 0.598. The highest BCUT2D eigenvalue weighted by molar-refractivity contribution is 5.91. The van der Waals surface area contributed by atoms with Crippen molar-refractivity contribution in [1.82, 2.24) is 9.88 Å². The summed E-state index contributed by atoms with van der Waals surface area (Å²) in [6, 6.07) is 5.22.